The number of methoxy groups -OCH3 is 1. The number of esters is 1. The fourth-order valence-corrected chi connectivity index (χ4v) is 0.700. The Labute approximate surface area is 78.9 Å². The summed E-state index contributed by atoms with van der Waals surface area (Å²) in [6, 6.07) is -1.41. The molecule has 0 heterocycles. The van der Waals surface area contributed by atoms with Crippen molar-refractivity contribution in [2.45, 2.75) is 0 Å². The molecule has 0 N–H and O–H groups in total. The van der Waals surface area contributed by atoms with Crippen molar-refractivity contribution in [2.24, 2.45) is 0 Å². The van der Waals surface area contributed by atoms with E-state index in [2.05, 4.69) is 20.7 Å². The Hall–Kier alpha value is -0.830. The van der Waals surface area contributed by atoms with Crippen LogP contribution in [0.5, 0.6) is 0 Å². The standard InChI is InChI=1S/C8H7BrO2/c1-11-8(10)6-2-4-7(9)5-3-6/h2-5H,1H3/i2D,3D,4D,5D. The predicted molar refractivity (Wildman–Crippen MR) is 45.5 cm³/mol. The van der Waals surface area contributed by atoms with Crippen molar-refractivity contribution >= 4 is 21.9 Å². The summed E-state index contributed by atoms with van der Waals surface area (Å²) in [5.41, 5.74) is -0.351. The molecule has 0 aliphatic rings. The smallest absolute Gasteiger partial charge is 0.337 e. The van der Waals surface area contributed by atoms with Gasteiger partial charge in [-0.15, -0.1) is 0 Å². The second kappa shape index (κ2) is 3.53. The summed E-state index contributed by atoms with van der Waals surface area (Å²) in [4.78, 5) is 11.2. The van der Waals surface area contributed by atoms with Crippen molar-refractivity contribution in [3.8, 4) is 0 Å². The maximum atomic E-state index is 11.2. The van der Waals surface area contributed by atoms with Crippen LogP contribution in [0.4, 0.5) is 0 Å². The van der Waals surface area contributed by atoms with Gasteiger partial charge in [0.2, 0.25) is 0 Å². The first-order chi connectivity index (χ1) is 6.91. The SMILES string of the molecule is [2H]c1c([2H])c(C(=O)OC)c([2H])c([2H])c1Br. The molecule has 0 saturated carbocycles. The fraction of sp³-hybridized carbons (Fsp3) is 0.125. The Morgan fingerprint density at radius 2 is 2.09 bits per heavy atom. The lowest BCUT2D eigenvalue weighted by molar-refractivity contribution is 0.0600. The van der Waals surface area contributed by atoms with Gasteiger partial charge < -0.3 is 4.74 Å². The van der Waals surface area contributed by atoms with Crippen molar-refractivity contribution in [1.29, 1.82) is 0 Å². The fourth-order valence-electron chi connectivity index (χ4n) is 0.501. The molecular formula is C8H7BrO2. The quantitative estimate of drug-likeness (QED) is 0.677. The van der Waals surface area contributed by atoms with E-state index in [1.54, 1.807) is 0 Å². The lowest BCUT2D eigenvalue weighted by atomic mass is 10.2. The molecule has 0 aliphatic heterocycles. The van der Waals surface area contributed by atoms with Gasteiger partial charge in [-0.3, -0.25) is 0 Å². The lowest BCUT2D eigenvalue weighted by Gasteiger charge is -1.97. The third-order valence-electron chi connectivity index (χ3n) is 0.984. The molecule has 0 spiro atoms. The normalized spacial score (nSPS) is 14.4. The molecule has 0 amide bonds. The number of rotatable bonds is 1. The summed E-state index contributed by atoms with van der Waals surface area (Å²) in [7, 11) is 1.12. The minimum absolute atomic E-state index is 0.0325. The van der Waals surface area contributed by atoms with Crippen LogP contribution in [0.15, 0.2) is 28.6 Å². The van der Waals surface area contributed by atoms with Crippen LogP contribution < -0.4 is 0 Å². The summed E-state index contributed by atoms with van der Waals surface area (Å²) in [6.45, 7) is 0. The van der Waals surface area contributed by atoms with Gasteiger partial charge in [0.05, 0.1) is 18.2 Å². The van der Waals surface area contributed by atoms with E-state index in [1.807, 2.05) is 0 Å². The molecule has 11 heavy (non-hydrogen) atoms. The van der Waals surface area contributed by atoms with Crippen LogP contribution in [0.1, 0.15) is 15.8 Å². The maximum Gasteiger partial charge on any atom is 0.337 e. The Bertz CT molecular complexity index is 404. The van der Waals surface area contributed by atoms with E-state index in [1.165, 1.54) is 0 Å². The van der Waals surface area contributed by atoms with Gasteiger partial charge in [-0.2, -0.15) is 0 Å². The van der Waals surface area contributed by atoms with Crippen molar-refractivity contribution in [1.82, 2.24) is 0 Å². The third kappa shape index (κ3) is 2.05. The number of halogens is 1. The van der Waals surface area contributed by atoms with Crippen LogP contribution in [-0.2, 0) is 4.74 Å². The lowest BCUT2D eigenvalue weighted by Crippen LogP contribution is -1.99. The van der Waals surface area contributed by atoms with Crippen molar-refractivity contribution in [2.75, 3.05) is 7.11 Å². The molecule has 0 fully saturated rings. The first-order valence-corrected chi connectivity index (χ1v) is 3.55. The average Bonchev–Trinajstić information content (AvgIpc) is 2.23. The van der Waals surface area contributed by atoms with E-state index in [9.17, 15) is 4.79 Å². The molecule has 2 nitrogen and oxygen atoms in total. The average molecular weight is 219 g/mol. The van der Waals surface area contributed by atoms with Crippen molar-refractivity contribution in [3.05, 3.63) is 34.2 Å². The van der Waals surface area contributed by atoms with Crippen LogP contribution in [0.2, 0.25) is 0 Å². The summed E-state index contributed by atoms with van der Waals surface area (Å²) >= 11 is 2.92. The van der Waals surface area contributed by atoms with Gasteiger partial charge >= 0.3 is 5.97 Å². The highest BCUT2D eigenvalue weighted by atomic mass is 79.9. The van der Waals surface area contributed by atoms with Gasteiger partial charge in [-0.25, -0.2) is 4.79 Å². The highest BCUT2D eigenvalue weighted by molar-refractivity contribution is 9.10. The first-order valence-electron chi connectivity index (χ1n) is 4.76. The molecule has 1 rings (SSSR count). The highest BCUT2D eigenvalue weighted by Gasteiger charge is 2.02. The van der Waals surface area contributed by atoms with Crippen LogP contribution in [0.25, 0.3) is 0 Å². The second-order valence-electron chi connectivity index (χ2n) is 1.68. The Morgan fingerprint density at radius 3 is 2.55 bits per heavy atom. The van der Waals surface area contributed by atoms with Gasteiger partial charge in [0.25, 0.3) is 0 Å². The number of hydrogen-bond acceptors (Lipinski definition) is 2. The summed E-state index contributed by atoms with van der Waals surface area (Å²) in [5.74, 6) is -0.875. The van der Waals surface area contributed by atoms with Crippen LogP contribution in [0.3, 0.4) is 0 Å². The third-order valence-corrected chi connectivity index (χ3v) is 1.38. The number of carbonyl (C=O) groups is 1. The minimum atomic E-state index is -0.875. The molecule has 0 atom stereocenters. The van der Waals surface area contributed by atoms with E-state index in [4.69, 9.17) is 5.48 Å². The van der Waals surface area contributed by atoms with Crippen molar-refractivity contribution in [3.63, 3.8) is 0 Å². The van der Waals surface area contributed by atoms with Gasteiger partial charge in [-0.1, -0.05) is 15.9 Å². The molecule has 3 heteroatoms. The summed E-state index contributed by atoms with van der Waals surface area (Å²) in [6.07, 6.45) is 0. The van der Waals surface area contributed by atoms with E-state index in [0.717, 1.165) is 7.11 Å². The molecule has 0 aliphatic carbocycles. The molecule has 1 aromatic carbocycles. The van der Waals surface area contributed by atoms with Crippen LogP contribution >= 0.6 is 15.9 Å². The number of carbonyl (C=O) groups excluding carboxylic acids is 1. The zero-order valence-electron chi connectivity index (χ0n) is 9.69. The molecule has 0 bridgehead atoms. The van der Waals surface area contributed by atoms with E-state index in [0.29, 0.717) is 0 Å². The zero-order chi connectivity index (χ0) is 11.7. The van der Waals surface area contributed by atoms with E-state index < -0.39 is 18.1 Å². The number of hydrogen-bond donors (Lipinski definition) is 0. The largest absolute Gasteiger partial charge is 0.465 e. The van der Waals surface area contributed by atoms with Gasteiger partial charge in [0.1, 0.15) is 0 Å². The van der Waals surface area contributed by atoms with Crippen LogP contribution in [-0.4, -0.2) is 13.1 Å². The second-order valence-corrected chi connectivity index (χ2v) is 2.47. The zero-order valence-corrected chi connectivity index (χ0v) is 7.28. The summed E-state index contributed by atoms with van der Waals surface area (Å²) < 4.78 is 34.3. The van der Waals surface area contributed by atoms with E-state index >= 15 is 0 Å². The monoisotopic (exact) mass is 218 g/mol. The molecule has 0 unspecified atom stereocenters. The van der Waals surface area contributed by atoms with Gasteiger partial charge in [0.15, 0.2) is 0 Å². The molecule has 1 aromatic rings. The molecule has 58 valence electrons. The predicted octanol–water partition coefficient (Wildman–Crippen LogP) is 2.24. The maximum absolute atomic E-state index is 11.2. The molecular weight excluding hydrogens is 208 g/mol. The van der Waals surface area contributed by atoms with Gasteiger partial charge in [0, 0.05) is 4.47 Å². The molecule has 0 saturated heterocycles. The van der Waals surface area contributed by atoms with Crippen molar-refractivity contribution < 1.29 is 15.0 Å². The molecule has 0 aromatic heterocycles. The Balaban J connectivity index is 3.60. The number of ether oxygens (including phenoxy) is 1. The van der Waals surface area contributed by atoms with E-state index in [-0.39, 0.29) is 22.1 Å². The highest BCUT2D eigenvalue weighted by Crippen LogP contribution is 2.10. The Kier molecular flexibility index (Phi) is 1.37. The topological polar surface area (TPSA) is 26.3 Å². The van der Waals surface area contributed by atoms with Gasteiger partial charge in [-0.05, 0) is 24.2 Å². The Morgan fingerprint density at radius 1 is 1.55 bits per heavy atom. The number of benzene rings is 1. The summed E-state index contributed by atoms with van der Waals surface area (Å²) in [5, 5.41) is 0. The molecule has 0 radical (unpaired) electrons. The van der Waals surface area contributed by atoms with Crippen LogP contribution in [0, 0.1) is 0 Å². The minimum Gasteiger partial charge on any atom is -0.465 e. The first kappa shape index (κ1) is 4.26.